The summed E-state index contributed by atoms with van der Waals surface area (Å²) in [4.78, 5) is 12.5. The molecule has 0 amide bonds. The van der Waals surface area contributed by atoms with Crippen molar-refractivity contribution in [3.05, 3.63) is 65.2 Å². The number of para-hydroxylation sites is 1. The van der Waals surface area contributed by atoms with Crippen LogP contribution in [0.2, 0.25) is 0 Å². The molecule has 122 valence electrons. The van der Waals surface area contributed by atoms with E-state index in [-0.39, 0.29) is 24.1 Å². The highest BCUT2D eigenvalue weighted by atomic mass is 35.5. The lowest BCUT2D eigenvalue weighted by Crippen LogP contribution is -2.33. The van der Waals surface area contributed by atoms with Crippen LogP contribution >= 0.6 is 12.4 Å². The Hall–Kier alpha value is -1.84. The minimum atomic E-state index is 0. The monoisotopic (exact) mass is 331 g/mol. The van der Waals surface area contributed by atoms with Gasteiger partial charge in [0.1, 0.15) is 5.75 Å². The summed E-state index contributed by atoms with van der Waals surface area (Å²) in [6, 6.07) is 15.3. The number of rotatable bonds is 5. The van der Waals surface area contributed by atoms with Crippen molar-refractivity contribution in [3.8, 4) is 5.75 Å². The molecule has 1 atom stereocenters. The van der Waals surface area contributed by atoms with Crippen LogP contribution < -0.4 is 5.32 Å². The molecular weight excluding hydrogens is 310 g/mol. The zero-order chi connectivity index (χ0) is 15.4. The number of phenolic OH excluding ortho intramolecular Hbond substituents is 1. The average molecular weight is 332 g/mol. The Balaban J connectivity index is 0.00000192. The quantitative estimate of drug-likeness (QED) is 0.826. The van der Waals surface area contributed by atoms with Gasteiger partial charge in [0.15, 0.2) is 5.78 Å². The molecule has 2 aromatic carbocycles. The fourth-order valence-corrected chi connectivity index (χ4v) is 3.08. The van der Waals surface area contributed by atoms with Gasteiger partial charge in [0.05, 0.1) is 0 Å². The van der Waals surface area contributed by atoms with Crippen molar-refractivity contribution in [2.24, 2.45) is 5.92 Å². The maximum atomic E-state index is 12.5. The van der Waals surface area contributed by atoms with Gasteiger partial charge in [-0.2, -0.15) is 0 Å². The fourth-order valence-electron chi connectivity index (χ4n) is 3.08. The average Bonchev–Trinajstić information content (AvgIpc) is 2.55. The molecule has 0 bridgehead atoms. The van der Waals surface area contributed by atoms with Crippen molar-refractivity contribution < 1.29 is 9.90 Å². The van der Waals surface area contributed by atoms with Gasteiger partial charge in [-0.1, -0.05) is 42.5 Å². The van der Waals surface area contributed by atoms with Crippen molar-refractivity contribution in [2.45, 2.75) is 19.3 Å². The number of hydrogen-bond donors (Lipinski definition) is 2. The highest BCUT2D eigenvalue weighted by molar-refractivity contribution is 6.00. The topological polar surface area (TPSA) is 49.3 Å². The minimum absolute atomic E-state index is 0. The summed E-state index contributed by atoms with van der Waals surface area (Å²) >= 11 is 0. The second kappa shape index (κ2) is 8.14. The Morgan fingerprint density at radius 2 is 1.83 bits per heavy atom. The van der Waals surface area contributed by atoms with Crippen LogP contribution in [0.3, 0.4) is 0 Å². The molecule has 3 nitrogen and oxygen atoms in total. The molecule has 0 saturated carbocycles. The first kappa shape index (κ1) is 17.5. The standard InChI is InChI=1S/C19H21NO2.ClH/c21-18-8-4-2-6-15(18)11-12-20-13-16-10-9-14-5-1-3-7-17(14)19(16)22;/h1-8,16,20-21H,9-13H2;1H. The maximum Gasteiger partial charge on any atom is 0.167 e. The summed E-state index contributed by atoms with van der Waals surface area (Å²) in [6.07, 6.45) is 2.66. The third-order valence-corrected chi connectivity index (χ3v) is 4.37. The van der Waals surface area contributed by atoms with Gasteiger partial charge in [-0.3, -0.25) is 4.79 Å². The fraction of sp³-hybridized carbons (Fsp3) is 0.316. The number of fused-ring (bicyclic) bond motifs is 1. The lowest BCUT2D eigenvalue weighted by molar-refractivity contribution is 0.0901. The zero-order valence-electron chi connectivity index (χ0n) is 13.0. The Morgan fingerprint density at radius 1 is 1.09 bits per heavy atom. The van der Waals surface area contributed by atoms with Crippen molar-refractivity contribution in [1.82, 2.24) is 5.32 Å². The van der Waals surface area contributed by atoms with Gasteiger partial charge in [0, 0.05) is 18.0 Å². The minimum Gasteiger partial charge on any atom is -0.508 e. The van der Waals surface area contributed by atoms with E-state index in [4.69, 9.17) is 0 Å². The molecule has 1 aliphatic carbocycles. The molecule has 1 unspecified atom stereocenters. The molecule has 0 saturated heterocycles. The molecule has 1 aliphatic rings. The summed E-state index contributed by atoms with van der Waals surface area (Å²) in [6.45, 7) is 1.48. The number of aryl methyl sites for hydroxylation is 1. The number of ketones is 1. The first-order chi connectivity index (χ1) is 10.8. The Morgan fingerprint density at radius 3 is 2.65 bits per heavy atom. The Kier molecular flexibility index (Phi) is 6.20. The molecule has 4 heteroatoms. The lowest BCUT2D eigenvalue weighted by atomic mass is 9.83. The predicted octanol–water partition coefficient (Wildman–Crippen LogP) is 3.39. The van der Waals surface area contributed by atoms with Crippen LogP contribution in [0.25, 0.3) is 0 Å². The van der Waals surface area contributed by atoms with Crippen LogP contribution in [0.15, 0.2) is 48.5 Å². The Labute approximate surface area is 143 Å². The third kappa shape index (κ3) is 4.12. The van der Waals surface area contributed by atoms with E-state index in [1.54, 1.807) is 6.07 Å². The molecule has 0 spiro atoms. The summed E-state index contributed by atoms with van der Waals surface area (Å²) in [7, 11) is 0. The summed E-state index contributed by atoms with van der Waals surface area (Å²) in [5, 5.41) is 13.1. The predicted molar refractivity (Wildman–Crippen MR) is 94.5 cm³/mol. The van der Waals surface area contributed by atoms with E-state index >= 15 is 0 Å². The Bertz CT molecular complexity index is 672. The van der Waals surface area contributed by atoms with Gasteiger partial charge in [0.25, 0.3) is 0 Å². The largest absolute Gasteiger partial charge is 0.508 e. The number of phenols is 1. The van der Waals surface area contributed by atoms with Crippen LogP contribution in [0.4, 0.5) is 0 Å². The first-order valence-corrected chi connectivity index (χ1v) is 7.85. The highest BCUT2D eigenvalue weighted by Gasteiger charge is 2.26. The van der Waals surface area contributed by atoms with Crippen molar-refractivity contribution >= 4 is 18.2 Å². The normalized spacial score (nSPS) is 16.5. The third-order valence-electron chi connectivity index (χ3n) is 4.37. The SMILES string of the molecule is Cl.O=C1c2ccccc2CCC1CNCCc1ccccc1O. The smallest absolute Gasteiger partial charge is 0.167 e. The van der Waals surface area contributed by atoms with Crippen molar-refractivity contribution in [1.29, 1.82) is 0 Å². The molecule has 0 heterocycles. The summed E-state index contributed by atoms with van der Waals surface area (Å²) in [5.41, 5.74) is 3.01. The van der Waals surface area contributed by atoms with Crippen LogP contribution in [-0.2, 0) is 12.8 Å². The zero-order valence-corrected chi connectivity index (χ0v) is 13.8. The van der Waals surface area contributed by atoms with Crippen molar-refractivity contribution in [3.63, 3.8) is 0 Å². The van der Waals surface area contributed by atoms with Gasteiger partial charge in [0.2, 0.25) is 0 Å². The number of benzene rings is 2. The number of hydrogen-bond acceptors (Lipinski definition) is 3. The van der Waals surface area contributed by atoms with Gasteiger partial charge in [-0.05, 0) is 43.0 Å². The number of Topliss-reactive ketones (excluding diaryl/α,β-unsaturated/α-hetero) is 1. The van der Waals surface area contributed by atoms with Gasteiger partial charge >= 0.3 is 0 Å². The molecule has 0 aliphatic heterocycles. The second-order valence-corrected chi connectivity index (χ2v) is 5.84. The van der Waals surface area contributed by atoms with E-state index in [2.05, 4.69) is 11.4 Å². The van der Waals surface area contributed by atoms with E-state index in [1.807, 2.05) is 36.4 Å². The molecule has 2 aromatic rings. The molecule has 2 N–H and O–H groups in total. The number of nitrogens with one attached hydrogen (secondary N) is 1. The van der Waals surface area contributed by atoms with Gasteiger partial charge < -0.3 is 10.4 Å². The molecule has 0 fully saturated rings. The van der Waals surface area contributed by atoms with Crippen molar-refractivity contribution in [2.75, 3.05) is 13.1 Å². The van der Waals surface area contributed by atoms with E-state index in [1.165, 1.54) is 5.56 Å². The highest BCUT2D eigenvalue weighted by Crippen LogP contribution is 2.25. The summed E-state index contributed by atoms with van der Waals surface area (Å²) < 4.78 is 0. The van der Waals surface area contributed by atoms with Gasteiger partial charge in [-0.15, -0.1) is 12.4 Å². The molecule has 0 aromatic heterocycles. The summed E-state index contributed by atoms with van der Waals surface area (Å²) in [5.74, 6) is 0.670. The molecule has 0 radical (unpaired) electrons. The number of aromatic hydroxyl groups is 1. The van der Waals surface area contributed by atoms with Crippen LogP contribution in [-0.4, -0.2) is 24.0 Å². The lowest BCUT2D eigenvalue weighted by Gasteiger charge is -2.23. The second-order valence-electron chi connectivity index (χ2n) is 5.84. The van der Waals surface area contributed by atoms with E-state index in [9.17, 15) is 9.90 Å². The maximum absolute atomic E-state index is 12.5. The molecule has 23 heavy (non-hydrogen) atoms. The van der Waals surface area contributed by atoms with E-state index in [0.717, 1.165) is 36.9 Å². The number of carbonyl (C=O) groups is 1. The van der Waals surface area contributed by atoms with Crippen LogP contribution in [0.5, 0.6) is 5.75 Å². The van der Waals surface area contributed by atoms with E-state index < -0.39 is 0 Å². The van der Waals surface area contributed by atoms with Crippen LogP contribution in [0, 0.1) is 5.92 Å². The van der Waals surface area contributed by atoms with Crippen LogP contribution in [0.1, 0.15) is 27.9 Å². The first-order valence-electron chi connectivity index (χ1n) is 7.85. The number of halogens is 1. The van der Waals surface area contributed by atoms with Gasteiger partial charge in [-0.25, -0.2) is 0 Å². The molecular formula is C19H22ClNO2. The molecule has 3 rings (SSSR count). The number of carbonyl (C=O) groups excluding carboxylic acids is 1. The van der Waals surface area contributed by atoms with E-state index in [0.29, 0.717) is 12.3 Å².